The molecular formula is C35H54O4. The average Bonchev–Trinajstić information content (AvgIpc) is 3.38. The van der Waals surface area contributed by atoms with Gasteiger partial charge in [-0.05, 0) is 85.7 Å². The number of cyclic esters (lactones) is 1. The van der Waals surface area contributed by atoms with Crippen molar-refractivity contribution in [1.29, 1.82) is 0 Å². The molecule has 0 amide bonds. The number of hydrogen-bond acceptors (Lipinski definition) is 4. The van der Waals surface area contributed by atoms with E-state index in [4.69, 9.17) is 4.74 Å². The monoisotopic (exact) mass is 538 g/mol. The van der Waals surface area contributed by atoms with Crippen LogP contribution in [-0.2, 0) is 9.53 Å². The van der Waals surface area contributed by atoms with E-state index in [0.29, 0.717) is 36.2 Å². The summed E-state index contributed by atoms with van der Waals surface area (Å²) in [6.45, 7) is 15.4. The van der Waals surface area contributed by atoms with E-state index in [9.17, 15) is 15.0 Å². The van der Waals surface area contributed by atoms with Crippen LogP contribution in [0.5, 0.6) is 0 Å². The fraction of sp³-hybridized carbons (Fsp3) is 0.743. The van der Waals surface area contributed by atoms with Crippen molar-refractivity contribution in [3.05, 3.63) is 47.6 Å². The summed E-state index contributed by atoms with van der Waals surface area (Å²) in [6.07, 6.45) is 19.8. The number of aliphatic hydroxyl groups excluding tert-OH is 2. The Morgan fingerprint density at radius 1 is 1.08 bits per heavy atom. The van der Waals surface area contributed by atoms with E-state index in [-0.39, 0.29) is 23.4 Å². The molecule has 8 atom stereocenters. The minimum absolute atomic E-state index is 0.0169. The summed E-state index contributed by atoms with van der Waals surface area (Å²) in [5.74, 6) is 1.70. The maximum Gasteiger partial charge on any atom is 0.334 e. The lowest BCUT2D eigenvalue weighted by atomic mass is 9.60. The van der Waals surface area contributed by atoms with E-state index in [1.807, 2.05) is 0 Å². The number of rotatable bonds is 11. The van der Waals surface area contributed by atoms with Crippen LogP contribution >= 0.6 is 0 Å². The van der Waals surface area contributed by atoms with E-state index in [1.165, 1.54) is 63.4 Å². The van der Waals surface area contributed by atoms with Gasteiger partial charge < -0.3 is 14.9 Å². The van der Waals surface area contributed by atoms with E-state index < -0.39 is 12.2 Å². The normalized spacial score (nSPS) is 37.9. The number of ether oxygens (including phenoxy) is 1. The average molecular weight is 539 g/mol. The molecule has 0 bridgehead atoms. The largest absolute Gasteiger partial charge is 0.458 e. The molecule has 3 aliphatic carbocycles. The number of unbranched alkanes of at least 4 members (excludes halogenated alkanes) is 5. The van der Waals surface area contributed by atoms with Crippen LogP contribution in [-0.4, -0.2) is 34.5 Å². The van der Waals surface area contributed by atoms with Gasteiger partial charge in [-0.2, -0.15) is 0 Å². The molecule has 4 fully saturated rings. The van der Waals surface area contributed by atoms with Crippen LogP contribution in [0.3, 0.4) is 0 Å². The maximum absolute atomic E-state index is 12.5. The summed E-state index contributed by atoms with van der Waals surface area (Å²) >= 11 is 0. The van der Waals surface area contributed by atoms with Gasteiger partial charge in [-0.1, -0.05) is 90.2 Å². The molecule has 0 spiro atoms. The lowest BCUT2D eigenvalue weighted by molar-refractivity contribution is -0.140. The number of hydrogen-bond donors (Lipinski definition) is 2. The summed E-state index contributed by atoms with van der Waals surface area (Å²) in [5, 5.41) is 20.4. The standard InChI is InChI=1S/C35H54O4/c1-6-7-8-9-10-11-14-29-25(4)34(38)39-33(29)20-23(2)30-17-18-31-26(13-12-19-35(30,31)5)15-16-27-21-28(36)22-32(37)24(27)3/h15-16,23,28-33,36-37H,3-4,6-14,17-22H2,1-2,5H3/t23-,28-,29?,30-,31+,32+,33?,35-/m1/s1. The first-order valence-electron chi connectivity index (χ1n) is 16.0. The zero-order chi connectivity index (χ0) is 28.2. The van der Waals surface area contributed by atoms with Crippen molar-refractivity contribution < 1.29 is 19.7 Å². The first-order valence-corrected chi connectivity index (χ1v) is 16.0. The third-order valence-electron chi connectivity index (χ3n) is 10.9. The van der Waals surface area contributed by atoms with Crippen molar-refractivity contribution in [2.75, 3.05) is 0 Å². The fourth-order valence-electron chi connectivity index (χ4n) is 8.60. The maximum atomic E-state index is 12.5. The van der Waals surface area contributed by atoms with Crippen LogP contribution in [0.2, 0.25) is 0 Å². The van der Waals surface area contributed by atoms with Crippen LogP contribution in [0, 0.1) is 29.1 Å². The van der Waals surface area contributed by atoms with Gasteiger partial charge in [0.25, 0.3) is 0 Å². The second-order valence-corrected chi connectivity index (χ2v) is 13.5. The highest BCUT2D eigenvalue weighted by Crippen LogP contribution is 2.60. The number of carbonyl (C=O) groups excluding carboxylic acids is 1. The lowest BCUT2D eigenvalue weighted by Gasteiger charge is -2.45. The molecule has 4 nitrogen and oxygen atoms in total. The van der Waals surface area contributed by atoms with Gasteiger partial charge in [0.05, 0.1) is 12.2 Å². The zero-order valence-electron chi connectivity index (χ0n) is 24.9. The molecule has 1 heterocycles. The molecule has 2 N–H and O–H groups in total. The van der Waals surface area contributed by atoms with Crippen LogP contribution in [0.25, 0.3) is 0 Å². The zero-order valence-corrected chi connectivity index (χ0v) is 24.9. The highest BCUT2D eigenvalue weighted by molar-refractivity contribution is 5.90. The highest BCUT2D eigenvalue weighted by Gasteiger charge is 2.51. The number of fused-ring (bicyclic) bond motifs is 1. The van der Waals surface area contributed by atoms with Crippen molar-refractivity contribution in [2.24, 2.45) is 29.1 Å². The molecule has 0 aromatic carbocycles. The quantitative estimate of drug-likeness (QED) is 0.159. The van der Waals surface area contributed by atoms with Gasteiger partial charge in [-0.3, -0.25) is 0 Å². The molecule has 0 aromatic heterocycles. The Kier molecular flexibility index (Phi) is 10.4. The van der Waals surface area contributed by atoms with Gasteiger partial charge in [-0.15, -0.1) is 0 Å². The van der Waals surface area contributed by atoms with Gasteiger partial charge in [0.1, 0.15) is 6.10 Å². The summed E-state index contributed by atoms with van der Waals surface area (Å²) in [6, 6.07) is 0. The second-order valence-electron chi connectivity index (χ2n) is 13.5. The fourth-order valence-corrected chi connectivity index (χ4v) is 8.60. The number of carbonyl (C=O) groups is 1. The second kappa shape index (κ2) is 13.3. The van der Waals surface area contributed by atoms with E-state index in [0.717, 1.165) is 36.8 Å². The Morgan fingerprint density at radius 2 is 1.82 bits per heavy atom. The van der Waals surface area contributed by atoms with E-state index in [1.54, 1.807) is 0 Å². The minimum atomic E-state index is -0.641. The molecular weight excluding hydrogens is 484 g/mol. The van der Waals surface area contributed by atoms with Crippen molar-refractivity contribution in [3.63, 3.8) is 0 Å². The molecule has 2 unspecified atom stereocenters. The van der Waals surface area contributed by atoms with Crippen molar-refractivity contribution in [2.45, 2.75) is 135 Å². The molecule has 39 heavy (non-hydrogen) atoms. The number of aliphatic hydroxyl groups is 2. The predicted molar refractivity (Wildman–Crippen MR) is 159 cm³/mol. The van der Waals surface area contributed by atoms with Crippen LogP contribution < -0.4 is 0 Å². The molecule has 0 aromatic rings. The first kappa shape index (κ1) is 30.3. The predicted octanol–water partition coefficient (Wildman–Crippen LogP) is 8.00. The number of allylic oxidation sites excluding steroid dienone is 3. The molecule has 1 aliphatic heterocycles. The minimum Gasteiger partial charge on any atom is -0.458 e. The van der Waals surface area contributed by atoms with Gasteiger partial charge >= 0.3 is 5.97 Å². The molecule has 4 rings (SSSR count). The topological polar surface area (TPSA) is 66.8 Å². The third kappa shape index (κ3) is 6.81. The SMILES string of the molecule is C=C1C(=O)OC(C[C@@H](C)[C@H]2CC[C@H]3C(=CC=C4C[C@@H](O)C[C@H](O)C4=C)CCC[C@]23C)C1CCCCCCCC. The summed E-state index contributed by atoms with van der Waals surface area (Å²) in [5.41, 5.74) is 4.24. The molecule has 4 aliphatic rings. The third-order valence-corrected chi connectivity index (χ3v) is 10.9. The van der Waals surface area contributed by atoms with Crippen LogP contribution in [0.4, 0.5) is 0 Å². The Labute approximate surface area is 237 Å². The van der Waals surface area contributed by atoms with Gasteiger partial charge in [0.15, 0.2) is 0 Å². The Morgan fingerprint density at radius 3 is 2.59 bits per heavy atom. The Balaban J connectivity index is 1.40. The van der Waals surface area contributed by atoms with Crippen molar-refractivity contribution in [1.82, 2.24) is 0 Å². The molecule has 0 radical (unpaired) electrons. The van der Waals surface area contributed by atoms with E-state index >= 15 is 0 Å². The lowest BCUT2D eigenvalue weighted by Crippen LogP contribution is -2.37. The van der Waals surface area contributed by atoms with Gasteiger partial charge in [-0.25, -0.2) is 4.79 Å². The Bertz CT molecular complexity index is 960. The van der Waals surface area contributed by atoms with Crippen LogP contribution in [0.15, 0.2) is 47.6 Å². The highest BCUT2D eigenvalue weighted by atomic mass is 16.6. The van der Waals surface area contributed by atoms with E-state index in [2.05, 4.69) is 46.1 Å². The number of esters is 1. The molecule has 1 saturated heterocycles. The molecule has 3 saturated carbocycles. The molecule has 4 heteroatoms. The summed E-state index contributed by atoms with van der Waals surface area (Å²) < 4.78 is 5.93. The van der Waals surface area contributed by atoms with Gasteiger partial charge in [0.2, 0.25) is 0 Å². The van der Waals surface area contributed by atoms with Crippen molar-refractivity contribution in [3.8, 4) is 0 Å². The summed E-state index contributed by atoms with van der Waals surface area (Å²) in [7, 11) is 0. The van der Waals surface area contributed by atoms with Gasteiger partial charge in [0, 0.05) is 17.9 Å². The van der Waals surface area contributed by atoms with Crippen molar-refractivity contribution >= 4 is 5.97 Å². The summed E-state index contributed by atoms with van der Waals surface area (Å²) in [4.78, 5) is 12.5. The smallest absolute Gasteiger partial charge is 0.334 e. The first-order chi connectivity index (χ1) is 18.7. The van der Waals surface area contributed by atoms with Crippen LogP contribution in [0.1, 0.15) is 117 Å². The molecule has 218 valence electrons. The Hall–Kier alpha value is -1.65.